The lowest BCUT2D eigenvalue weighted by atomic mass is 10.2. The van der Waals surface area contributed by atoms with E-state index in [0.717, 1.165) is 27.0 Å². The molecule has 0 spiro atoms. The summed E-state index contributed by atoms with van der Waals surface area (Å²) in [5.74, 6) is -0.164. The summed E-state index contributed by atoms with van der Waals surface area (Å²) in [6.45, 7) is 4.14. The van der Waals surface area contributed by atoms with E-state index >= 15 is 0 Å². The quantitative estimate of drug-likeness (QED) is 0.367. The Kier molecular flexibility index (Phi) is 4.92. The van der Waals surface area contributed by atoms with Gasteiger partial charge in [0, 0.05) is 23.6 Å². The summed E-state index contributed by atoms with van der Waals surface area (Å²) >= 11 is 7.77. The van der Waals surface area contributed by atoms with E-state index in [2.05, 4.69) is 9.97 Å². The average Bonchev–Trinajstić information content (AvgIpc) is 3.35. The second kappa shape index (κ2) is 7.76. The molecule has 0 fully saturated rings. The molecule has 0 atom stereocenters. The number of rotatable bonds is 4. The van der Waals surface area contributed by atoms with E-state index in [9.17, 15) is 4.79 Å². The van der Waals surface area contributed by atoms with Crippen molar-refractivity contribution in [3.8, 4) is 0 Å². The minimum Gasteiger partial charge on any atom is -0.295 e. The molecule has 6 nitrogen and oxygen atoms in total. The van der Waals surface area contributed by atoms with Crippen molar-refractivity contribution in [1.29, 1.82) is 0 Å². The summed E-state index contributed by atoms with van der Waals surface area (Å²) in [4.78, 5) is 29.1. The maximum atomic E-state index is 13.9. The average molecular weight is 448 g/mol. The normalized spacial score (nSPS) is 11.3. The number of carbonyl (C=O) groups excluding carboxylic acids is 1. The van der Waals surface area contributed by atoms with Crippen LogP contribution in [0.15, 0.2) is 61.1 Å². The van der Waals surface area contributed by atoms with Gasteiger partial charge in [-0.25, -0.2) is 9.97 Å². The first-order valence-electron chi connectivity index (χ1n) is 9.73. The highest BCUT2D eigenvalue weighted by molar-refractivity contribution is 7.22. The fourth-order valence-electron chi connectivity index (χ4n) is 3.60. The summed E-state index contributed by atoms with van der Waals surface area (Å²) in [7, 11) is 0. The third-order valence-electron chi connectivity index (χ3n) is 5.18. The van der Waals surface area contributed by atoms with Gasteiger partial charge >= 0.3 is 0 Å². The summed E-state index contributed by atoms with van der Waals surface area (Å²) in [6.07, 6.45) is 5.33. The molecular formula is C23H18ClN5OS. The van der Waals surface area contributed by atoms with Crippen molar-refractivity contribution in [1.82, 2.24) is 19.4 Å². The molecule has 1 amide bonds. The first-order valence-corrected chi connectivity index (χ1v) is 10.9. The molecule has 0 saturated heterocycles. The SMILES string of the molecule is Cc1nc2ccccn2c1C(=O)N(Cc1cccnc1)c1nc2c(C)c(Cl)ccc2s1. The molecule has 5 aromatic rings. The largest absolute Gasteiger partial charge is 0.295 e. The van der Waals surface area contributed by atoms with Crippen LogP contribution in [0.4, 0.5) is 5.13 Å². The number of benzene rings is 1. The number of aromatic nitrogens is 4. The van der Waals surface area contributed by atoms with Gasteiger partial charge in [0.25, 0.3) is 5.91 Å². The lowest BCUT2D eigenvalue weighted by Crippen LogP contribution is -2.31. The Morgan fingerprint density at radius 3 is 2.81 bits per heavy atom. The van der Waals surface area contributed by atoms with E-state index in [1.807, 2.05) is 66.9 Å². The van der Waals surface area contributed by atoms with Crippen LogP contribution in [0, 0.1) is 13.8 Å². The van der Waals surface area contributed by atoms with Crippen LogP contribution < -0.4 is 4.90 Å². The van der Waals surface area contributed by atoms with Gasteiger partial charge in [-0.05, 0) is 55.3 Å². The monoisotopic (exact) mass is 447 g/mol. The molecule has 0 aliphatic rings. The Morgan fingerprint density at radius 1 is 1.13 bits per heavy atom. The predicted molar refractivity (Wildman–Crippen MR) is 124 cm³/mol. The summed E-state index contributed by atoms with van der Waals surface area (Å²) in [5, 5.41) is 1.27. The molecule has 0 saturated carbocycles. The van der Waals surface area contributed by atoms with Crippen LogP contribution in [-0.4, -0.2) is 25.3 Å². The first kappa shape index (κ1) is 19.7. The van der Waals surface area contributed by atoms with Gasteiger partial charge in [-0.1, -0.05) is 35.1 Å². The zero-order valence-corrected chi connectivity index (χ0v) is 18.5. The van der Waals surface area contributed by atoms with Crippen molar-refractivity contribution in [3.63, 3.8) is 0 Å². The minimum atomic E-state index is -0.164. The first-order chi connectivity index (χ1) is 15.0. The number of carbonyl (C=O) groups is 1. The molecular weight excluding hydrogens is 430 g/mol. The van der Waals surface area contributed by atoms with Crippen LogP contribution in [0.2, 0.25) is 5.02 Å². The number of imidazole rings is 1. The highest BCUT2D eigenvalue weighted by Crippen LogP contribution is 2.35. The number of anilines is 1. The molecule has 5 rings (SSSR count). The number of pyridine rings is 2. The summed E-state index contributed by atoms with van der Waals surface area (Å²) in [5.41, 5.74) is 4.56. The van der Waals surface area contributed by atoms with Crippen molar-refractivity contribution in [2.75, 3.05) is 4.90 Å². The van der Waals surface area contributed by atoms with E-state index in [0.29, 0.717) is 28.1 Å². The van der Waals surface area contributed by atoms with E-state index in [1.165, 1.54) is 11.3 Å². The Balaban J connectivity index is 1.66. The molecule has 154 valence electrons. The molecule has 4 heterocycles. The minimum absolute atomic E-state index is 0.164. The topological polar surface area (TPSA) is 63.4 Å². The number of nitrogens with zero attached hydrogens (tertiary/aromatic N) is 5. The van der Waals surface area contributed by atoms with Crippen LogP contribution in [-0.2, 0) is 6.54 Å². The number of fused-ring (bicyclic) bond motifs is 2. The molecule has 0 aliphatic heterocycles. The third-order valence-corrected chi connectivity index (χ3v) is 6.64. The van der Waals surface area contributed by atoms with Crippen molar-refractivity contribution in [2.24, 2.45) is 0 Å². The van der Waals surface area contributed by atoms with Crippen molar-refractivity contribution in [3.05, 3.63) is 88.6 Å². The third kappa shape index (κ3) is 3.45. The molecule has 0 N–H and O–H groups in total. The van der Waals surface area contributed by atoms with Gasteiger partial charge in [-0.2, -0.15) is 0 Å². The van der Waals surface area contributed by atoms with Crippen molar-refractivity contribution < 1.29 is 4.79 Å². The molecule has 31 heavy (non-hydrogen) atoms. The molecule has 0 aliphatic carbocycles. The maximum Gasteiger partial charge on any atom is 0.279 e. The van der Waals surface area contributed by atoms with E-state index in [4.69, 9.17) is 16.6 Å². The van der Waals surface area contributed by atoms with Gasteiger partial charge < -0.3 is 0 Å². The van der Waals surface area contributed by atoms with Crippen molar-refractivity contribution in [2.45, 2.75) is 20.4 Å². The molecule has 0 unspecified atom stereocenters. The van der Waals surface area contributed by atoms with Gasteiger partial charge in [0.2, 0.25) is 0 Å². The summed E-state index contributed by atoms with van der Waals surface area (Å²) < 4.78 is 2.80. The number of amides is 1. The fraction of sp³-hybridized carbons (Fsp3) is 0.130. The predicted octanol–water partition coefficient (Wildman–Crippen LogP) is 5.46. The van der Waals surface area contributed by atoms with Crippen LogP contribution in [0.5, 0.6) is 0 Å². The van der Waals surface area contributed by atoms with E-state index in [1.54, 1.807) is 17.3 Å². The Bertz CT molecular complexity index is 1430. The van der Waals surface area contributed by atoms with Gasteiger partial charge in [-0.15, -0.1) is 0 Å². The van der Waals surface area contributed by atoms with Crippen LogP contribution in [0.1, 0.15) is 27.3 Å². The lowest BCUT2D eigenvalue weighted by molar-refractivity contribution is 0.0979. The lowest BCUT2D eigenvalue weighted by Gasteiger charge is -2.20. The molecule has 0 bridgehead atoms. The number of hydrogen-bond donors (Lipinski definition) is 0. The van der Waals surface area contributed by atoms with Gasteiger partial charge in [0.15, 0.2) is 5.13 Å². The van der Waals surface area contributed by atoms with Gasteiger partial charge in [0.1, 0.15) is 11.3 Å². The smallest absolute Gasteiger partial charge is 0.279 e. The van der Waals surface area contributed by atoms with Crippen molar-refractivity contribution >= 4 is 49.8 Å². The highest BCUT2D eigenvalue weighted by atomic mass is 35.5. The second-order valence-corrected chi connectivity index (χ2v) is 8.66. The van der Waals surface area contributed by atoms with Crippen LogP contribution >= 0.6 is 22.9 Å². The zero-order chi connectivity index (χ0) is 21.5. The number of halogens is 1. The standard InChI is InChI=1S/C23H18ClN5OS/c1-14-17(24)8-9-18-20(14)27-23(31-18)29(13-16-6-5-10-25-12-16)22(30)21-15(2)26-19-7-3-4-11-28(19)21/h3-12H,13H2,1-2H3. The number of aryl methyl sites for hydroxylation is 2. The van der Waals surface area contributed by atoms with Gasteiger partial charge in [0.05, 0.1) is 22.5 Å². The van der Waals surface area contributed by atoms with Crippen LogP contribution in [0.25, 0.3) is 15.9 Å². The number of hydrogen-bond acceptors (Lipinski definition) is 5. The zero-order valence-electron chi connectivity index (χ0n) is 16.9. The van der Waals surface area contributed by atoms with Crippen LogP contribution in [0.3, 0.4) is 0 Å². The molecule has 4 aromatic heterocycles. The number of thiazole rings is 1. The highest BCUT2D eigenvalue weighted by Gasteiger charge is 2.27. The maximum absolute atomic E-state index is 13.9. The molecule has 0 radical (unpaired) electrons. The van der Waals surface area contributed by atoms with E-state index in [-0.39, 0.29) is 5.91 Å². The Labute approximate surface area is 187 Å². The summed E-state index contributed by atoms with van der Waals surface area (Å²) in [6, 6.07) is 13.3. The Hall–Kier alpha value is -3.29. The fourth-order valence-corrected chi connectivity index (χ4v) is 4.78. The van der Waals surface area contributed by atoms with E-state index < -0.39 is 0 Å². The molecule has 8 heteroatoms. The Morgan fingerprint density at radius 2 is 2.00 bits per heavy atom. The van der Waals surface area contributed by atoms with Gasteiger partial charge in [-0.3, -0.25) is 19.1 Å². The molecule has 1 aromatic carbocycles. The second-order valence-electron chi connectivity index (χ2n) is 7.24.